The van der Waals surface area contributed by atoms with Crippen LogP contribution in [0.5, 0.6) is 0 Å². The molecular formula is C24H26N4O3S2. The summed E-state index contributed by atoms with van der Waals surface area (Å²) in [6.45, 7) is 0.629. The molecule has 0 N–H and O–H groups in total. The number of aromatic nitrogens is 2. The average molecular weight is 483 g/mol. The Kier molecular flexibility index (Phi) is 5.88. The number of hydrogen-bond donors (Lipinski definition) is 0. The zero-order valence-corrected chi connectivity index (χ0v) is 20.3. The van der Waals surface area contributed by atoms with Crippen LogP contribution >= 0.6 is 11.8 Å². The molecule has 1 saturated carbocycles. The van der Waals surface area contributed by atoms with E-state index in [4.69, 9.17) is 9.97 Å². The van der Waals surface area contributed by atoms with E-state index in [1.165, 1.54) is 30.2 Å². The lowest BCUT2D eigenvalue weighted by Gasteiger charge is -2.30. The number of sulfonamides is 1. The molecule has 7 nitrogen and oxygen atoms in total. The van der Waals surface area contributed by atoms with Gasteiger partial charge in [0.15, 0.2) is 0 Å². The first-order valence-electron chi connectivity index (χ1n) is 11.1. The quantitative estimate of drug-likeness (QED) is 0.392. The first kappa shape index (κ1) is 22.3. The van der Waals surface area contributed by atoms with Gasteiger partial charge in [0.2, 0.25) is 15.9 Å². The lowest BCUT2D eigenvalue weighted by molar-refractivity contribution is -0.116. The molecule has 0 spiro atoms. The Balaban J connectivity index is 1.38. The van der Waals surface area contributed by atoms with Gasteiger partial charge in [-0.15, -0.1) is 0 Å². The number of carbonyl (C=O) groups is 1. The van der Waals surface area contributed by atoms with Gasteiger partial charge in [-0.25, -0.2) is 22.7 Å². The first-order chi connectivity index (χ1) is 15.8. The van der Waals surface area contributed by atoms with Crippen LogP contribution < -0.4 is 4.90 Å². The molecule has 1 fully saturated rings. The smallest absolute Gasteiger partial charge is 0.242 e. The number of carbonyl (C=O) groups excluding carboxylic acids is 1. The molecule has 3 aromatic rings. The number of nitrogens with zero attached hydrogens (tertiary/aromatic N) is 4. The Labute approximate surface area is 198 Å². The predicted octanol–water partition coefficient (Wildman–Crippen LogP) is 3.83. The van der Waals surface area contributed by atoms with Crippen LogP contribution in [0.4, 0.5) is 5.69 Å². The molecule has 0 bridgehead atoms. The number of aryl methyl sites for hydroxylation is 1. The Bertz CT molecular complexity index is 1340. The second-order valence-corrected chi connectivity index (χ2v) is 11.8. The van der Waals surface area contributed by atoms with Crippen molar-refractivity contribution in [3.8, 4) is 0 Å². The van der Waals surface area contributed by atoms with Crippen LogP contribution in [0.15, 0.2) is 52.4 Å². The van der Waals surface area contributed by atoms with E-state index in [9.17, 15) is 13.2 Å². The molecule has 0 saturated heterocycles. The van der Waals surface area contributed by atoms with E-state index in [1.54, 1.807) is 23.1 Å². The molecule has 2 heterocycles. The highest BCUT2D eigenvalue weighted by molar-refractivity contribution is 8.00. The fraction of sp³-hybridized carbons (Fsp3) is 0.375. The SMILES string of the molecule is CN(C)S(=O)(=O)c1ccc2c(c1)CCCN2C(=O)CSc1nc(C2CC2)nc2ccccc12. The Hall–Kier alpha value is -2.49. The van der Waals surface area contributed by atoms with Gasteiger partial charge in [-0.2, -0.15) is 0 Å². The summed E-state index contributed by atoms with van der Waals surface area (Å²) in [4.78, 5) is 24.8. The van der Waals surface area contributed by atoms with E-state index in [1.807, 2.05) is 24.3 Å². The number of para-hydroxylation sites is 1. The number of anilines is 1. The van der Waals surface area contributed by atoms with Crippen LogP contribution in [0.25, 0.3) is 10.9 Å². The molecule has 0 unspecified atom stereocenters. The molecular weight excluding hydrogens is 456 g/mol. The Morgan fingerprint density at radius 2 is 1.94 bits per heavy atom. The van der Waals surface area contributed by atoms with E-state index < -0.39 is 10.0 Å². The van der Waals surface area contributed by atoms with E-state index >= 15 is 0 Å². The summed E-state index contributed by atoms with van der Waals surface area (Å²) in [6.07, 6.45) is 3.80. The van der Waals surface area contributed by atoms with Crippen LogP contribution in [-0.4, -0.2) is 55.0 Å². The zero-order chi connectivity index (χ0) is 23.2. The fourth-order valence-corrected chi connectivity index (χ4v) is 5.97. The molecule has 33 heavy (non-hydrogen) atoms. The Morgan fingerprint density at radius 3 is 2.70 bits per heavy atom. The second-order valence-electron chi connectivity index (χ2n) is 8.69. The standard InChI is InChI=1S/C24H26N4O3S2/c1-27(2)33(30,31)18-11-12-21-17(14-18)6-5-13-28(21)22(29)15-32-24-19-7-3-4-8-20(19)25-23(26-24)16-9-10-16/h3-4,7-8,11-12,14,16H,5-6,9-10,13,15H2,1-2H3. The maximum atomic E-state index is 13.2. The molecule has 1 amide bonds. The second kappa shape index (κ2) is 8.70. The van der Waals surface area contributed by atoms with Gasteiger partial charge in [0.05, 0.1) is 16.2 Å². The molecule has 1 aromatic heterocycles. The van der Waals surface area contributed by atoms with Crippen molar-refractivity contribution in [1.29, 1.82) is 0 Å². The number of hydrogen-bond acceptors (Lipinski definition) is 6. The first-order valence-corrected chi connectivity index (χ1v) is 13.5. The van der Waals surface area contributed by atoms with Crippen molar-refractivity contribution in [1.82, 2.24) is 14.3 Å². The van der Waals surface area contributed by atoms with Crippen molar-refractivity contribution in [2.24, 2.45) is 0 Å². The normalized spacial score (nSPS) is 16.3. The summed E-state index contributed by atoms with van der Waals surface area (Å²) < 4.78 is 26.2. The summed E-state index contributed by atoms with van der Waals surface area (Å²) >= 11 is 1.45. The number of thioether (sulfide) groups is 1. The van der Waals surface area contributed by atoms with Crippen LogP contribution in [0.3, 0.4) is 0 Å². The van der Waals surface area contributed by atoms with Crippen molar-refractivity contribution < 1.29 is 13.2 Å². The highest BCUT2D eigenvalue weighted by Gasteiger charge is 2.29. The monoisotopic (exact) mass is 482 g/mol. The van der Waals surface area contributed by atoms with Crippen molar-refractivity contribution in [2.75, 3.05) is 31.3 Å². The van der Waals surface area contributed by atoms with Gasteiger partial charge in [0, 0.05) is 37.6 Å². The van der Waals surface area contributed by atoms with Crippen LogP contribution in [0.2, 0.25) is 0 Å². The van der Waals surface area contributed by atoms with E-state index in [2.05, 4.69) is 0 Å². The minimum atomic E-state index is -3.51. The molecule has 9 heteroatoms. The van der Waals surface area contributed by atoms with Crippen LogP contribution in [-0.2, 0) is 21.2 Å². The largest absolute Gasteiger partial charge is 0.311 e. The lowest BCUT2D eigenvalue weighted by atomic mass is 10.0. The van der Waals surface area contributed by atoms with Gasteiger partial charge in [-0.3, -0.25) is 4.79 Å². The number of rotatable bonds is 6. The van der Waals surface area contributed by atoms with Gasteiger partial charge in [0.1, 0.15) is 10.9 Å². The summed E-state index contributed by atoms with van der Waals surface area (Å²) in [5.41, 5.74) is 2.61. The predicted molar refractivity (Wildman–Crippen MR) is 130 cm³/mol. The van der Waals surface area contributed by atoms with Gasteiger partial charge in [-0.05, 0) is 55.5 Å². The summed E-state index contributed by atoms with van der Waals surface area (Å²) in [7, 11) is -0.467. The van der Waals surface area contributed by atoms with Gasteiger partial charge < -0.3 is 4.90 Å². The third-order valence-electron chi connectivity index (χ3n) is 6.11. The molecule has 0 radical (unpaired) electrons. The molecule has 0 atom stereocenters. The third kappa shape index (κ3) is 4.37. The maximum Gasteiger partial charge on any atom is 0.242 e. The van der Waals surface area contributed by atoms with E-state index in [-0.39, 0.29) is 16.6 Å². The van der Waals surface area contributed by atoms with E-state index in [0.29, 0.717) is 12.5 Å². The molecule has 2 aliphatic rings. The highest BCUT2D eigenvalue weighted by Crippen LogP contribution is 2.40. The summed E-state index contributed by atoms with van der Waals surface area (Å²) in [5.74, 6) is 1.58. The fourth-order valence-electron chi connectivity index (χ4n) is 4.11. The van der Waals surface area contributed by atoms with Gasteiger partial charge in [0.25, 0.3) is 0 Å². The summed E-state index contributed by atoms with van der Waals surface area (Å²) in [5, 5.41) is 1.82. The third-order valence-corrected chi connectivity index (χ3v) is 8.90. The average Bonchev–Trinajstić information content (AvgIpc) is 3.67. The van der Waals surface area contributed by atoms with Crippen molar-refractivity contribution >= 4 is 44.3 Å². The van der Waals surface area contributed by atoms with E-state index in [0.717, 1.165) is 58.7 Å². The number of benzene rings is 2. The van der Waals surface area contributed by atoms with Crippen molar-refractivity contribution in [3.63, 3.8) is 0 Å². The molecule has 1 aliphatic carbocycles. The van der Waals surface area contributed by atoms with Gasteiger partial charge in [-0.1, -0.05) is 30.0 Å². The topological polar surface area (TPSA) is 83.5 Å². The number of fused-ring (bicyclic) bond motifs is 2. The molecule has 2 aromatic carbocycles. The minimum Gasteiger partial charge on any atom is -0.311 e. The van der Waals surface area contributed by atoms with Crippen molar-refractivity contribution in [3.05, 3.63) is 53.9 Å². The maximum absolute atomic E-state index is 13.2. The number of amides is 1. The molecule has 5 rings (SSSR count). The Morgan fingerprint density at radius 1 is 1.15 bits per heavy atom. The van der Waals surface area contributed by atoms with Crippen LogP contribution in [0.1, 0.15) is 36.6 Å². The minimum absolute atomic E-state index is 0.000156. The van der Waals surface area contributed by atoms with Gasteiger partial charge >= 0.3 is 0 Å². The highest BCUT2D eigenvalue weighted by atomic mass is 32.2. The summed E-state index contributed by atoms with van der Waals surface area (Å²) in [6, 6.07) is 13.0. The van der Waals surface area contributed by atoms with Crippen molar-refractivity contribution in [2.45, 2.75) is 41.5 Å². The molecule has 172 valence electrons. The van der Waals surface area contributed by atoms with Crippen LogP contribution in [0, 0.1) is 0 Å². The lowest BCUT2D eigenvalue weighted by Crippen LogP contribution is -2.37. The zero-order valence-electron chi connectivity index (χ0n) is 18.7. The molecule has 1 aliphatic heterocycles.